The molecule has 2 aliphatic rings. The van der Waals surface area contributed by atoms with E-state index in [4.69, 9.17) is 9.57 Å². The molecule has 0 saturated carbocycles. The zero-order valence-corrected chi connectivity index (χ0v) is 13.3. The maximum atomic E-state index is 12.1. The molecule has 0 spiro atoms. The third-order valence-electron chi connectivity index (χ3n) is 3.18. The molecule has 20 heavy (non-hydrogen) atoms. The van der Waals surface area contributed by atoms with Gasteiger partial charge in [-0.2, -0.15) is 5.06 Å². The third-order valence-corrected chi connectivity index (χ3v) is 3.18. The predicted molar refractivity (Wildman–Crippen MR) is 55.6 cm³/mol. The second-order valence-electron chi connectivity index (χ2n) is 4.76. The van der Waals surface area contributed by atoms with Gasteiger partial charge >= 0.3 is 35.5 Å². The minimum atomic E-state index is -2.18. The Morgan fingerprint density at radius 1 is 1.60 bits per heavy atom. The summed E-state index contributed by atoms with van der Waals surface area (Å²) < 4.78 is 4.73. The molecule has 2 fully saturated rings. The van der Waals surface area contributed by atoms with Crippen LogP contribution < -0.4 is 34.7 Å². The fourth-order valence-corrected chi connectivity index (χ4v) is 2.26. The summed E-state index contributed by atoms with van der Waals surface area (Å²) in [6.45, 7) is 1.45. The molecule has 3 unspecified atom stereocenters. The SMILES string of the molecule is CC(O)CC1CON(C2(C(=O)[O-])CCC(=O)O2)C1=O.[Na+]. The van der Waals surface area contributed by atoms with Gasteiger partial charge in [0.1, 0.15) is 5.97 Å². The van der Waals surface area contributed by atoms with Crippen LogP contribution in [0, 0.1) is 5.92 Å². The van der Waals surface area contributed by atoms with Crippen LogP contribution in [-0.2, 0) is 24.0 Å². The Morgan fingerprint density at radius 3 is 2.70 bits per heavy atom. The molecule has 0 radical (unpaired) electrons. The van der Waals surface area contributed by atoms with Crippen LogP contribution in [0.3, 0.4) is 0 Å². The molecule has 2 saturated heterocycles. The molecule has 8 nitrogen and oxygen atoms in total. The fraction of sp³-hybridized carbons (Fsp3) is 0.727. The minimum Gasteiger partial charge on any atom is -0.544 e. The van der Waals surface area contributed by atoms with Crippen LogP contribution in [0.5, 0.6) is 0 Å². The number of cyclic esters (lactones) is 1. The number of ether oxygens (including phenoxy) is 1. The maximum Gasteiger partial charge on any atom is 1.00 e. The zero-order chi connectivity index (χ0) is 14.2. The molecule has 3 atom stereocenters. The molecule has 106 valence electrons. The van der Waals surface area contributed by atoms with Gasteiger partial charge in [0.05, 0.1) is 25.0 Å². The molecule has 0 aromatic heterocycles. The molecular formula is C11H14NNaO7. The van der Waals surface area contributed by atoms with E-state index in [1.807, 2.05) is 0 Å². The van der Waals surface area contributed by atoms with Gasteiger partial charge in [0.25, 0.3) is 11.6 Å². The van der Waals surface area contributed by atoms with Gasteiger partial charge in [-0.1, -0.05) is 0 Å². The van der Waals surface area contributed by atoms with Crippen molar-refractivity contribution in [2.45, 2.75) is 38.0 Å². The topological polar surface area (TPSA) is 116 Å². The van der Waals surface area contributed by atoms with E-state index in [0.717, 1.165) is 0 Å². The normalized spacial score (nSPS) is 30.9. The molecule has 2 aliphatic heterocycles. The van der Waals surface area contributed by atoms with E-state index in [1.165, 1.54) is 6.92 Å². The number of hydroxylamine groups is 2. The first-order valence-electron chi connectivity index (χ1n) is 5.95. The minimum absolute atomic E-state index is 0. The van der Waals surface area contributed by atoms with Crippen molar-refractivity contribution in [2.75, 3.05) is 6.61 Å². The molecule has 2 rings (SSSR count). The van der Waals surface area contributed by atoms with Crippen LogP contribution in [0.2, 0.25) is 0 Å². The summed E-state index contributed by atoms with van der Waals surface area (Å²) in [7, 11) is 0. The van der Waals surface area contributed by atoms with Crippen molar-refractivity contribution in [2.24, 2.45) is 5.92 Å². The van der Waals surface area contributed by atoms with Crippen LogP contribution >= 0.6 is 0 Å². The van der Waals surface area contributed by atoms with Gasteiger partial charge < -0.3 is 19.7 Å². The molecule has 9 heteroatoms. The van der Waals surface area contributed by atoms with Gasteiger partial charge in [-0.25, -0.2) is 0 Å². The first-order chi connectivity index (χ1) is 8.86. The van der Waals surface area contributed by atoms with Gasteiger partial charge in [0.15, 0.2) is 0 Å². The number of rotatable bonds is 4. The number of carboxylic acids is 1. The standard InChI is InChI=1S/C11H15NO7.Na/c1-6(13)4-7-5-18-12(9(7)15)11(10(16)17)3-2-8(14)19-11;/h6-7,13H,2-5H2,1H3,(H,16,17);/q;+1/p-1. The van der Waals surface area contributed by atoms with Crippen molar-refractivity contribution in [1.29, 1.82) is 0 Å². The average molecular weight is 295 g/mol. The number of esters is 1. The van der Waals surface area contributed by atoms with Crippen molar-refractivity contribution >= 4 is 17.8 Å². The molecule has 0 aliphatic carbocycles. The van der Waals surface area contributed by atoms with E-state index < -0.39 is 35.6 Å². The van der Waals surface area contributed by atoms with E-state index in [9.17, 15) is 24.6 Å². The Bertz CT molecular complexity index is 427. The Hall–Kier alpha value is -0.670. The number of hydrogen-bond acceptors (Lipinski definition) is 7. The second kappa shape index (κ2) is 6.40. The van der Waals surface area contributed by atoms with Crippen LogP contribution in [0.4, 0.5) is 0 Å². The van der Waals surface area contributed by atoms with E-state index in [0.29, 0.717) is 5.06 Å². The van der Waals surface area contributed by atoms with E-state index in [2.05, 4.69) is 0 Å². The second-order valence-corrected chi connectivity index (χ2v) is 4.76. The van der Waals surface area contributed by atoms with Crippen LogP contribution in [0.15, 0.2) is 0 Å². The zero-order valence-electron chi connectivity index (χ0n) is 11.3. The molecular weight excluding hydrogens is 281 g/mol. The van der Waals surface area contributed by atoms with Crippen molar-refractivity contribution in [3.05, 3.63) is 0 Å². The number of aliphatic carboxylic acids is 1. The quantitative estimate of drug-likeness (QED) is 0.407. The largest absolute Gasteiger partial charge is 1.00 e. The van der Waals surface area contributed by atoms with Gasteiger partial charge in [-0.05, 0) is 13.3 Å². The van der Waals surface area contributed by atoms with Crippen molar-refractivity contribution in [3.63, 3.8) is 0 Å². The van der Waals surface area contributed by atoms with E-state index in [-0.39, 0.29) is 55.4 Å². The van der Waals surface area contributed by atoms with E-state index >= 15 is 0 Å². The summed E-state index contributed by atoms with van der Waals surface area (Å²) in [5.74, 6) is -3.70. The molecule has 2 heterocycles. The summed E-state index contributed by atoms with van der Waals surface area (Å²) in [4.78, 5) is 39.5. The number of aliphatic hydroxyl groups excluding tert-OH is 1. The molecule has 0 aromatic rings. The van der Waals surface area contributed by atoms with Crippen LogP contribution in [-0.4, -0.2) is 46.5 Å². The number of carbonyl (C=O) groups is 3. The van der Waals surface area contributed by atoms with Crippen LogP contribution in [0.1, 0.15) is 26.2 Å². The van der Waals surface area contributed by atoms with Gasteiger partial charge in [-0.15, -0.1) is 0 Å². The number of nitrogens with zero attached hydrogens (tertiary/aromatic N) is 1. The molecule has 0 bridgehead atoms. The Kier molecular flexibility index (Phi) is 5.56. The van der Waals surface area contributed by atoms with Crippen molar-refractivity contribution in [3.8, 4) is 0 Å². The number of carbonyl (C=O) groups excluding carboxylic acids is 3. The summed E-state index contributed by atoms with van der Waals surface area (Å²) in [6.07, 6.45) is -0.904. The maximum absolute atomic E-state index is 12.1. The first kappa shape index (κ1) is 17.4. The molecule has 0 aromatic carbocycles. The number of hydrogen-bond donors (Lipinski definition) is 1. The smallest absolute Gasteiger partial charge is 0.544 e. The monoisotopic (exact) mass is 295 g/mol. The molecule has 1 amide bonds. The summed E-state index contributed by atoms with van der Waals surface area (Å²) >= 11 is 0. The van der Waals surface area contributed by atoms with Crippen LogP contribution in [0.25, 0.3) is 0 Å². The molecule has 1 N–H and O–H groups in total. The Balaban J connectivity index is 0.00000200. The van der Waals surface area contributed by atoms with Gasteiger partial charge in [0, 0.05) is 6.42 Å². The van der Waals surface area contributed by atoms with Crippen molar-refractivity contribution < 1.29 is 63.7 Å². The summed E-state index contributed by atoms with van der Waals surface area (Å²) in [6, 6.07) is 0. The van der Waals surface area contributed by atoms with Gasteiger partial charge in [-0.3, -0.25) is 14.4 Å². The number of amides is 1. The average Bonchev–Trinajstić information content (AvgIpc) is 2.85. The third kappa shape index (κ3) is 2.99. The number of carboxylic acid groups (broad SMARTS) is 1. The Labute approximate surface area is 137 Å². The summed E-state index contributed by atoms with van der Waals surface area (Å²) in [5, 5.41) is 21.0. The predicted octanol–water partition coefficient (Wildman–Crippen LogP) is -5.07. The van der Waals surface area contributed by atoms with Gasteiger partial charge in [0.2, 0.25) is 0 Å². The Morgan fingerprint density at radius 2 is 2.25 bits per heavy atom. The first-order valence-corrected chi connectivity index (χ1v) is 5.95. The summed E-state index contributed by atoms with van der Waals surface area (Å²) in [5.41, 5.74) is -2.18. The van der Waals surface area contributed by atoms with E-state index in [1.54, 1.807) is 0 Å². The number of aliphatic hydroxyl groups is 1. The van der Waals surface area contributed by atoms with Crippen molar-refractivity contribution in [1.82, 2.24) is 5.06 Å². The fourth-order valence-electron chi connectivity index (χ4n) is 2.26.